The molecule has 0 aliphatic carbocycles. The van der Waals surface area contributed by atoms with Crippen molar-refractivity contribution in [2.75, 3.05) is 5.32 Å². The van der Waals surface area contributed by atoms with Crippen LogP contribution in [0.4, 0.5) is 5.13 Å². The van der Waals surface area contributed by atoms with Crippen LogP contribution < -0.4 is 5.32 Å². The molecule has 2 aromatic rings. The van der Waals surface area contributed by atoms with Crippen molar-refractivity contribution in [2.45, 2.75) is 19.9 Å². The Morgan fingerprint density at radius 3 is 3.06 bits per heavy atom. The Bertz CT molecular complexity index is 540. The molecule has 6 heteroatoms. The molecule has 2 rings (SSSR count). The lowest BCUT2D eigenvalue weighted by Crippen LogP contribution is -2.03. The highest BCUT2D eigenvalue weighted by atomic mass is 32.1. The number of nitrogens with one attached hydrogen (secondary N) is 1. The molecular formula is C12H13N3O2S. The fourth-order valence-electron chi connectivity index (χ4n) is 1.49. The Balaban J connectivity index is 2.00. The number of hydrogen-bond acceptors (Lipinski definition) is 5. The van der Waals surface area contributed by atoms with Crippen molar-refractivity contribution in [2.24, 2.45) is 0 Å². The molecule has 0 fully saturated rings. The van der Waals surface area contributed by atoms with Crippen LogP contribution in [0.1, 0.15) is 16.1 Å². The summed E-state index contributed by atoms with van der Waals surface area (Å²) in [5.41, 5.74) is 1.69. The lowest BCUT2D eigenvalue weighted by atomic mass is 10.3. The van der Waals surface area contributed by atoms with Crippen molar-refractivity contribution in [3.8, 4) is 0 Å². The lowest BCUT2D eigenvalue weighted by molar-refractivity contribution is -0.136. The predicted molar refractivity (Wildman–Crippen MR) is 69.8 cm³/mol. The van der Waals surface area contributed by atoms with Gasteiger partial charge in [-0.05, 0) is 18.6 Å². The van der Waals surface area contributed by atoms with E-state index in [1.807, 2.05) is 19.1 Å². The highest BCUT2D eigenvalue weighted by Crippen LogP contribution is 2.22. The van der Waals surface area contributed by atoms with E-state index in [1.165, 1.54) is 11.3 Å². The molecule has 2 aromatic heterocycles. The zero-order valence-corrected chi connectivity index (χ0v) is 10.7. The Labute approximate surface area is 109 Å². The van der Waals surface area contributed by atoms with Gasteiger partial charge in [-0.15, -0.1) is 11.3 Å². The third-order valence-corrected chi connectivity index (χ3v) is 3.35. The van der Waals surface area contributed by atoms with Crippen molar-refractivity contribution in [1.82, 2.24) is 9.97 Å². The van der Waals surface area contributed by atoms with Gasteiger partial charge in [0, 0.05) is 23.8 Å². The highest BCUT2D eigenvalue weighted by molar-refractivity contribution is 7.15. The third-order valence-electron chi connectivity index (χ3n) is 2.38. The molecule has 2 N–H and O–H groups in total. The van der Waals surface area contributed by atoms with E-state index in [9.17, 15) is 4.79 Å². The number of aromatic nitrogens is 2. The van der Waals surface area contributed by atoms with Crippen molar-refractivity contribution in [3.05, 3.63) is 40.7 Å². The van der Waals surface area contributed by atoms with Gasteiger partial charge >= 0.3 is 5.97 Å². The van der Waals surface area contributed by atoms with Crippen LogP contribution in [-0.2, 0) is 17.8 Å². The molecule has 0 aromatic carbocycles. The average Bonchev–Trinajstić information content (AvgIpc) is 2.68. The largest absolute Gasteiger partial charge is 0.481 e. The quantitative estimate of drug-likeness (QED) is 0.864. The van der Waals surface area contributed by atoms with Gasteiger partial charge in [0.2, 0.25) is 0 Å². The molecule has 0 radical (unpaired) electrons. The van der Waals surface area contributed by atoms with E-state index in [1.54, 1.807) is 12.4 Å². The van der Waals surface area contributed by atoms with Crippen molar-refractivity contribution >= 4 is 22.4 Å². The molecule has 0 spiro atoms. The zero-order chi connectivity index (χ0) is 13.0. The minimum absolute atomic E-state index is 0.0308. The standard InChI is InChI=1S/C12H13N3O2S/c1-8-10(5-11(16)17)15-12(18-8)14-7-9-3-2-4-13-6-9/h2-4,6H,5,7H2,1H3,(H,14,15)(H,16,17). The number of thiazole rings is 1. The molecule has 0 amide bonds. The van der Waals surface area contributed by atoms with Gasteiger partial charge in [0.15, 0.2) is 5.13 Å². The first-order valence-corrected chi connectivity index (χ1v) is 6.27. The van der Waals surface area contributed by atoms with E-state index >= 15 is 0 Å². The summed E-state index contributed by atoms with van der Waals surface area (Å²) in [6, 6.07) is 3.85. The molecule has 0 aliphatic rings. The maximum Gasteiger partial charge on any atom is 0.309 e. The topological polar surface area (TPSA) is 75.1 Å². The summed E-state index contributed by atoms with van der Waals surface area (Å²) in [7, 11) is 0. The molecule has 2 heterocycles. The number of rotatable bonds is 5. The number of carboxylic acid groups (broad SMARTS) is 1. The monoisotopic (exact) mass is 263 g/mol. The summed E-state index contributed by atoms with van der Waals surface area (Å²) in [6.45, 7) is 2.51. The minimum Gasteiger partial charge on any atom is -0.481 e. The molecule has 94 valence electrons. The molecular weight excluding hydrogens is 250 g/mol. The van der Waals surface area contributed by atoms with Gasteiger partial charge in [-0.1, -0.05) is 6.07 Å². The first-order valence-electron chi connectivity index (χ1n) is 5.46. The summed E-state index contributed by atoms with van der Waals surface area (Å²) in [6.07, 6.45) is 3.48. The number of pyridine rings is 1. The van der Waals surface area contributed by atoms with Gasteiger partial charge in [-0.2, -0.15) is 0 Å². The van der Waals surface area contributed by atoms with E-state index in [4.69, 9.17) is 5.11 Å². The van der Waals surface area contributed by atoms with E-state index in [2.05, 4.69) is 15.3 Å². The first kappa shape index (κ1) is 12.5. The molecule has 5 nitrogen and oxygen atoms in total. The Morgan fingerprint density at radius 1 is 1.56 bits per heavy atom. The SMILES string of the molecule is Cc1sc(NCc2cccnc2)nc1CC(=O)O. The van der Waals surface area contributed by atoms with Crippen molar-refractivity contribution < 1.29 is 9.90 Å². The van der Waals surface area contributed by atoms with E-state index < -0.39 is 5.97 Å². The Morgan fingerprint density at radius 2 is 2.39 bits per heavy atom. The summed E-state index contributed by atoms with van der Waals surface area (Å²) in [4.78, 5) is 19.9. The summed E-state index contributed by atoms with van der Waals surface area (Å²) in [5.74, 6) is -0.859. The molecule has 0 unspecified atom stereocenters. The molecule has 0 bridgehead atoms. The fraction of sp³-hybridized carbons (Fsp3) is 0.250. The Hall–Kier alpha value is -1.95. The lowest BCUT2D eigenvalue weighted by Gasteiger charge is -2.01. The van der Waals surface area contributed by atoms with Crippen molar-refractivity contribution in [1.29, 1.82) is 0 Å². The van der Waals surface area contributed by atoms with Crippen LogP contribution in [0.15, 0.2) is 24.5 Å². The predicted octanol–water partition coefficient (Wildman–Crippen LogP) is 2.09. The van der Waals surface area contributed by atoms with Crippen LogP contribution >= 0.6 is 11.3 Å². The van der Waals surface area contributed by atoms with E-state index in [0.29, 0.717) is 12.2 Å². The van der Waals surface area contributed by atoms with Gasteiger partial charge < -0.3 is 10.4 Å². The summed E-state index contributed by atoms with van der Waals surface area (Å²) in [5, 5.41) is 12.7. The molecule has 0 aliphatic heterocycles. The second-order valence-corrected chi connectivity index (χ2v) is 5.01. The average molecular weight is 263 g/mol. The second kappa shape index (κ2) is 5.59. The van der Waals surface area contributed by atoms with Gasteiger partial charge in [-0.3, -0.25) is 9.78 Å². The number of carboxylic acids is 1. The van der Waals surface area contributed by atoms with Crippen LogP contribution in [-0.4, -0.2) is 21.0 Å². The van der Waals surface area contributed by atoms with Gasteiger partial charge in [0.05, 0.1) is 12.1 Å². The number of hydrogen-bond donors (Lipinski definition) is 2. The van der Waals surface area contributed by atoms with E-state index in [0.717, 1.165) is 15.6 Å². The maximum atomic E-state index is 10.6. The summed E-state index contributed by atoms with van der Waals surface area (Å²) < 4.78 is 0. The van der Waals surface area contributed by atoms with Crippen LogP contribution in [0, 0.1) is 6.92 Å². The van der Waals surface area contributed by atoms with Gasteiger partial charge in [0.25, 0.3) is 0 Å². The Kier molecular flexibility index (Phi) is 3.88. The highest BCUT2D eigenvalue weighted by Gasteiger charge is 2.10. The first-order chi connectivity index (χ1) is 8.65. The van der Waals surface area contributed by atoms with Crippen LogP contribution in [0.3, 0.4) is 0 Å². The number of carbonyl (C=O) groups is 1. The molecule has 0 saturated heterocycles. The normalized spacial score (nSPS) is 10.3. The summed E-state index contributed by atoms with van der Waals surface area (Å²) >= 11 is 1.47. The fourth-order valence-corrected chi connectivity index (χ4v) is 2.32. The molecule has 0 saturated carbocycles. The molecule has 0 atom stereocenters. The molecule has 18 heavy (non-hydrogen) atoms. The zero-order valence-electron chi connectivity index (χ0n) is 9.88. The number of aliphatic carboxylic acids is 1. The maximum absolute atomic E-state index is 10.6. The number of aryl methyl sites for hydroxylation is 1. The van der Waals surface area contributed by atoms with Crippen LogP contribution in [0.5, 0.6) is 0 Å². The number of anilines is 1. The minimum atomic E-state index is -0.859. The second-order valence-electron chi connectivity index (χ2n) is 3.81. The van der Waals surface area contributed by atoms with Gasteiger partial charge in [-0.25, -0.2) is 4.98 Å². The van der Waals surface area contributed by atoms with Crippen LogP contribution in [0.25, 0.3) is 0 Å². The smallest absolute Gasteiger partial charge is 0.309 e. The number of nitrogens with zero attached hydrogens (tertiary/aromatic N) is 2. The van der Waals surface area contributed by atoms with Crippen LogP contribution in [0.2, 0.25) is 0 Å². The van der Waals surface area contributed by atoms with Crippen molar-refractivity contribution in [3.63, 3.8) is 0 Å². The third kappa shape index (κ3) is 3.27. The van der Waals surface area contributed by atoms with Gasteiger partial charge in [0.1, 0.15) is 0 Å². The van der Waals surface area contributed by atoms with E-state index in [-0.39, 0.29) is 6.42 Å².